The molecule has 5 heteroatoms. The van der Waals surface area contributed by atoms with Crippen molar-refractivity contribution in [1.29, 1.82) is 0 Å². The maximum atomic E-state index is 6.08. The highest BCUT2D eigenvalue weighted by atomic mass is 35.5. The van der Waals surface area contributed by atoms with Crippen LogP contribution in [-0.4, -0.2) is 36.1 Å². The van der Waals surface area contributed by atoms with Crippen LogP contribution in [0, 0.1) is 5.92 Å². The van der Waals surface area contributed by atoms with Gasteiger partial charge in [-0.2, -0.15) is 0 Å². The Morgan fingerprint density at radius 1 is 1.39 bits per heavy atom. The zero-order valence-corrected chi connectivity index (χ0v) is 12.1. The fourth-order valence-corrected chi connectivity index (χ4v) is 2.74. The van der Waals surface area contributed by atoms with Crippen molar-refractivity contribution in [2.24, 2.45) is 5.92 Å². The molecule has 1 N–H and O–H groups in total. The molecule has 18 heavy (non-hydrogen) atoms. The van der Waals surface area contributed by atoms with Crippen LogP contribution in [0.4, 0.5) is 5.82 Å². The average molecular weight is 288 g/mol. The van der Waals surface area contributed by atoms with Gasteiger partial charge in [-0.05, 0) is 44.5 Å². The van der Waals surface area contributed by atoms with Crippen LogP contribution in [0.15, 0.2) is 12.3 Å². The molecule has 1 fully saturated rings. The van der Waals surface area contributed by atoms with Crippen LogP contribution in [0.2, 0.25) is 10.0 Å². The zero-order valence-electron chi connectivity index (χ0n) is 10.6. The molecular weight excluding hydrogens is 269 g/mol. The summed E-state index contributed by atoms with van der Waals surface area (Å²) in [5, 5.41) is 4.48. The molecule has 0 radical (unpaired) electrons. The van der Waals surface area contributed by atoms with Gasteiger partial charge in [0.1, 0.15) is 5.82 Å². The van der Waals surface area contributed by atoms with E-state index in [0.717, 1.165) is 18.9 Å². The van der Waals surface area contributed by atoms with Gasteiger partial charge >= 0.3 is 0 Å². The molecule has 0 atom stereocenters. The SMILES string of the molecule is CCN1CCC(CNc2ncc(Cl)cc2Cl)CC1. The van der Waals surface area contributed by atoms with Crippen molar-refractivity contribution < 1.29 is 0 Å². The van der Waals surface area contributed by atoms with Gasteiger partial charge in [-0.3, -0.25) is 0 Å². The Hall–Kier alpha value is -0.510. The van der Waals surface area contributed by atoms with Crippen molar-refractivity contribution >= 4 is 29.0 Å². The lowest BCUT2D eigenvalue weighted by atomic mass is 9.97. The van der Waals surface area contributed by atoms with E-state index in [4.69, 9.17) is 23.2 Å². The molecule has 0 saturated carbocycles. The molecule has 1 aromatic rings. The molecule has 0 bridgehead atoms. The van der Waals surface area contributed by atoms with Gasteiger partial charge < -0.3 is 10.2 Å². The molecule has 1 aromatic heterocycles. The van der Waals surface area contributed by atoms with E-state index >= 15 is 0 Å². The predicted octanol–water partition coefficient (Wildman–Crippen LogP) is 3.53. The molecule has 1 aliphatic rings. The van der Waals surface area contributed by atoms with E-state index < -0.39 is 0 Å². The number of rotatable bonds is 4. The number of pyridine rings is 1. The maximum absolute atomic E-state index is 6.08. The van der Waals surface area contributed by atoms with E-state index in [2.05, 4.69) is 22.1 Å². The summed E-state index contributed by atoms with van der Waals surface area (Å²) < 4.78 is 0. The van der Waals surface area contributed by atoms with Gasteiger partial charge in [-0.1, -0.05) is 30.1 Å². The smallest absolute Gasteiger partial charge is 0.144 e. The summed E-state index contributed by atoms with van der Waals surface area (Å²) in [5.74, 6) is 1.44. The minimum Gasteiger partial charge on any atom is -0.369 e. The van der Waals surface area contributed by atoms with Crippen LogP contribution in [0.1, 0.15) is 19.8 Å². The Bertz CT molecular complexity index is 390. The fourth-order valence-electron chi connectivity index (χ4n) is 2.29. The number of piperidine rings is 1. The van der Waals surface area contributed by atoms with E-state index in [1.165, 1.54) is 25.9 Å². The van der Waals surface area contributed by atoms with Crippen molar-refractivity contribution in [3.8, 4) is 0 Å². The van der Waals surface area contributed by atoms with E-state index in [1.807, 2.05) is 0 Å². The van der Waals surface area contributed by atoms with Gasteiger partial charge in [0.2, 0.25) is 0 Å². The summed E-state index contributed by atoms with van der Waals surface area (Å²) in [5.41, 5.74) is 0. The van der Waals surface area contributed by atoms with Crippen molar-refractivity contribution in [3.05, 3.63) is 22.3 Å². The van der Waals surface area contributed by atoms with E-state index in [0.29, 0.717) is 16.0 Å². The normalized spacial score (nSPS) is 17.9. The number of likely N-dealkylation sites (tertiary alicyclic amines) is 1. The summed E-state index contributed by atoms with van der Waals surface area (Å²) >= 11 is 11.9. The van der Waals surface area contributed by atoms with Gasteiger partial charge in [-0.15, -0.1) is 0 Å². The molecule has 0 spiro atoms. The Labute approximate surface area is 118 Å². The third kappa shape index (κ3) is 3.74. The Kier molecular flexibility index (Phi) is 5.10. The first-order valence-corrected chi connectivity index (χ1v) is 7.22. The number of hydrogen-bond donors (Lipinski definition) is 1. The van der Waals surface area contributed by atoms with Crippen LogP contribution in [0.5, 0.6) is 0 Å². The van der Waals surface area contributed by atoms with E-state index in [9.17, 15) is 0 Å². The molecule has 0 aliphatic carbocycles. The zero-order chi connectivity index (χ0) is 13.0. The molecule has 3 nitrogen and oxygen atoms in total. The molecule has 1 saturated heterocycles. The second-order valence-electron chi connectivity index (χ2n) is 4.74. The van der Waals surface area contributed by atoms with Crippen molar-refractivity contribution in [2.45, 2.75) is 19.8 Å². The standard InChI is InChI=1S/C13H19Cl2N3/c1-2-18-5-3-10(4-6-18)8-16-13-12(15)7-11(14)9-17-13/h7,9-10H,2-6,8H2,1H3,(H,16,17). The second kappa shape index (κ2) is 6.60. The lowest BCUT2D eigenvalue weighted by Gasteiger charge is -2.31. The molecule has 2 rings (SSSR count). The topological polar surface area (TPSA) is 28.2 Å². The summed E-state index contributed by atoms with van der Waals surface area (Å²) in [6.45, 7) is 6.71. The molecule has 0 amide bonds. The second-order valence-corrected chi connectivity index (χ2v) is 5.59. The first-order chi connectivity index (χ1) is 8.69. The molecule has 100 valence electrons. The van der Waals surface area contributed by atoms with Crippen molar-refractivity contribution in [2.75, 3.05) is 31.5 Å². The highest BCUT2D eigenvalue weighted by Gasteiger charge is 2.18. The lowest BCUT2D eigenvalue weighted by molar-refractivity contribution is 0.198. The largest absolute Gasteiger partial charge is 0.369 e. The summed E-state index contributed by atoms with van der Waals surface area (Å²) in [7, 11) is 0. The predicted molar refractivity (Wildman–Crippen MR) is 77.6 cm³/mol. The Balaban J connectivity index is 1.81. The number of anilines is 1. The van der Waals surface area contributed by atoms with Gasteiger partial charge in [0.25, 0.3) is 0 Å². The maximum Gasteiger partial charge on any atom is 0.144 e. The highest BCUT2D eigenvalue weighted by molar-refractivity contribution is 6.35. The Morgan fingerprint density at radius 2 is 2.11 bits per heavy atom. The van der Waals surface area contributed by atoms with Crippen molar-refractivity contribution in [3.63, 3.8) is 0 Å². The number of nitrogens with zero attached hydrogens (tertiary/aromatic N) is 2. The van der Waals surface area contributed by atoms with Crippen LogP contribution >= 0.6 is 23.2 Å². The molecule has 2 heterocycles. The van der Waals surface area contributed by atoms with Crippen molar-refractivity contribution in [1.82, 2.24) is 9.88 Å². The number of aromatic nitrogens is 1. The Morgan fingerprint density at radius 3 is 2.72 bits per heavy atom. The summed E-state index contributed by atoms with van der Waals surface area (Å²) in [6, 6.07) is 1.72. The number of hydrogen-bond acceptors (Lipinski definition) is 3. The van der Waals surface area contributed by atoms with E-state index in [1.54, 1.807) is 12.3 Å². The van der Waals surface area contributed by atoms with E-state index in [-0.39, 0.29) is 0 Å². The van der Waals surface area contributed by atoms with Gasteiger partial charge in [0.05, 0.1) is 10.0 Å². The van der Waals surface area contributed by atoms with Crippen LogP contribution in [-0.2, 0) is 0 Å². The van der Waals surface area contributed by atoms with Crippen LogP contribution in [0.25, 0.3) is 0 Å². The third-order valence-electron chi connectivity index (χ3n) is 3.52. The van der Waals surface area contributed by atoms with Crippen LogP contribution in [0.3, 0.4) is 0 Å². The van der Waals surface area contributed by atoms with Gasteiger partial charge in [-0.25, -0.2) is 4.98 Å². The minimum absolute atomic E-state index is 0.571. The van der Waals surface area contributed by atoms with Gasteiger partial charge in [0.15, 0.2) is 0 Å². The molecular formula is C13H19Cl2N3. The molecule has 0 aromatic carbocycles. The van der Waals surface area contributed by atoms with Gasteiger partial charge in [0, 0.05) is 12.7 Å². The number of nitrogens with one attached hydrogen (secondary N) is 1. The average Bonchev–Trinajstić information content (AvgIpc) is 2.38. The first kappa shape index (κ1) is 13.9. The van der Waals surface area contributed by atoms with Crippen LogP contribution < -0.4 is 5.32 Å². The minimum atomic E-state index is 0.571. The first-order valence-electron chi connectivity index (χ1n) is 6.46. The lowest BCUT2D eigenvalue weighted by Crippen LogP contribution is -2.35. The quantitative estimate of drug-likeness (QED) is 0.918. The summed E-state index contributed by atoms with van der Waals surface area (Å²) in [4.78, 5) is 6.70. The molecule has 1 aliphatic heterocycles. The third-order valence-corrected chi connectivity index (χ3v) is 4.02. The summed E-state index contributed by atoms with van der Waals surface area (Å²) in [6.07, 6.45) is 4.10. The molecule has 0 unspecified atom stereocenters. The fraction of sp³-hybridized carbons (Fsp3) is 0.615. The highest BCUT2D eigenvalue weighted by Crippen LogP contribution is 2.24. The number of halogens is 2. The monoisotopic (exact) mass is 287 g/mol.